The van der Waals surface area contributed by atoms with E-state index in [-0.39, 0.29) is 6.54 Å². The maximum Gasteiger partial charge on any atom is 0.460 e. The van der Waals surface area contributed by atoms with E-state index in [0.717, 1.165) is 0 Å². The molecule has 0 aromatic rings. The average molecular weight is 835 g/mol. The molecule has 0 fully saturated rings. The van der Waals surface area contributed by atoms with Crippen molar-refractivity contribution in [3.63, 3.8) is 0 Å². The van der Waals surface area contributed by atoms with Gasteiger partial charge in [-0.25, -0.2) is 8.42 Å². The Labute approximate surface area is 269 Å². The average Bonchev–Trinajstić information content (AvgIpc) is 2.92. The minimum absolute atomic E-state index is 0.296. The van der Waals surface area contributed by atoms with E-state index < -0.39 is 122 Å². The summed E-state index contributed by atoms with van der Waals surface area (Å²) in [5.41, 5.74) is 0. The van der Waals surface area contributed by atoms with Gasteiger partial charge < -0.3 is 9.59 Å². The van der Waals surface area contributed by atoms with Gasteiger partial charge in [0.05, 0.1) is 33.6 Å². The third-order valence-corrected chi connectivity index (χ3v) is 9.02. The molecule has 0 atom stereocenters. The van der Waals surface area contributed by atoms with Crippen LogP contribution in [0.5, 0.6) is 0 Å². The second-order valence-electron chi connectivity index (χ2n) is 11.1. The van der Waals surface area contributed by atoms with Crippen molar-refractivity contribution in [1.29, 1.82) is 0 Å². The van der Waals surface area contributed by atoms with Crippen molar-refractivity contribution in [3.8, 4) is 0 Å². The summed E-state index contributed by atoms with van der Waals surface area (Å²) in [5, 5.41) is 0.755. The van der Waals surface area contributed by atoms with Crippen LogP contribution in [-0.2, 0) is 14.8 Å². The summed E-state index contributed by atoms with van der Waals surface area (Å²) in [5.74, 6) is -84.5. The van der Waals surface area contributed by atoms with Gasteiger partial charge in [0.2, 0.25) is 0 Å². The van der Waals surface area contributed by atoms with Crippen LogP contribution in [0.15, 0.2) is 0 Å². The maximum absolute atomic E-state index is 14.6. The smallest absolute Gasteiger partial charge is 0.460 e. The highest BCUT2D eigenvalue weighted by atomic mass is 32.2. The summed E-state index contributed by atoms with van der Waals surface area (Å²) in [7, 11) is -5.22. The number of hydrogen-bond acceptors (Lipinski definition) is 3. The fraction of sp³-hybridized carbons (Fsp3) is 0.952. The summed E-state index contributed by atoms with van der Waals surface area (Å²) in [6, 6.07) is 0. The normalized spacial score (nSPS) is 16.2. The number of carbonyl (C=O) groups is 1. The Hall–Kier alpha value is -2.27. The molecule has 0 saturated carbocycles. The van der Waals surface area contributed by atoms with E-state index in [1.807, 2.05) is 0 Å². The van der Waals surface area contributed by atoms with Gasteiger partial charge in [0.1, 0.15) is 0 Å². The van der Waals surface area contributed by atoms with E-state index in [0.29, 0.717) is 6.92 Å². The molecule has 0 aliphatic heterocycles. The zero-order valence-electron chi connectivity index (χ0n) is 24.9. The molecule has 1 N–H and O–H groups in total. The first-order valence-corrected chi connectivity index (χ1v) is 14.2. The number of halogens is 23. The van der Waals surface area contributed by atoms with E-state index in [9.17, 15) is 114 Å². The number of quaternary nitrogens is 1. The van der Waals surface area contributed by atoms with Crippen LogP contribution in [0.4, 0.5) is 101 Å². The van der Waals surface area contributed by atoms with E-state index in [2.05, 4.69) is 0 Å². The number of rotatable bonds is 19. The number of sulfonamides is 1. The fourth-order valence-electron chi connectivity index (χ4n) is 3.70. The van der Waals surface area contributed by atoms with E-state index >= 15 is 0 Å². The predicted molar refractivity (Wildman–Crippen MR) is 120 cm³/mol. The van der Waals surface area contributed by atoms with Crippen LogP contribution in [0.25, 0.3) is 0 Å². The van der Waals surface area contributed by atoms with Gasteiger partial charge in [-0.05, 0) is 0 Å². The topological polar surface area (TPSA) is 74.7 Å². The molecule has 0 heterocycles. The lowest BCUT2D eigenvalue weighted by molar-refractivity contribution is -0.889. The maximum atomic E-state index is 14.6. The van der Waals surface area contributed by atoms with Crippen LogP contribution >= 0.6 is 0 Å². The molecule has 0 aromatic heterocycles. The molecule has 0 spiro atoms. The third-order valence-electron chi connectivity index (χ3n) is 6.99. The van der Waals surface area contributed by atoms with Crippen LogP contribution in [0.3, 0.4) is 0 Å². The van der Waals surface area contributed by atoms with Gasteiger partial charge in [-0.3, -0.25) is 4.79 Å². The monoisotopic (exact) mass is 835 g/mol. The molecule has 51 heavy (non-hydrogen) atoms. The Morgan fingerprint density at radius 1 is 0.549 bits per heavy atom. The number of carboxylic acid groups (broad SMARTS) is 1. The third kappa shape index (κ3) is 7.20. The van der Waals surface area contributed by atoms with Gasteiger partial charge in [-0.1, -0.05) is 6.92 Å². The molecular formula is C21H22F23N2O4S+. The van der Waals surface area contributed by atoms with Crippen molar-refractivity contribution in [1.82, 2.24) is 4.31 Å². The Bertz CT molecular complexity index is 1360. The molecule has 30 heteroatoms. The zero-order valence-corrected chi connectivity index (χ0v) is 25.7. The molecule has 0 aliphatic carbocycles. The standard InChI is InChI=1S/C21H21F23N2O4S/c1-4-45(7-5-8-46(2,3)9-6-10(47)48)51(49,50)21(43,44)19(38,39)17(34,35)15(30,31)13(26,27)11(22,23)12(24,25)14(28,29)16(32,33)18(36,37)20(40,41)42/h4-9H2,1-3H3/p+1. The lowest BCUT2D eigenvalue weighted by Crippen LogP contribution is -2.78. The molecule has 0 radical (unpaired) electrons. The van der Waals surface area contributed by atoms with Crippen LogP contribution in [0.2, 0.25) is 0 Å². The molecule has 0 unspecified atom stereocenters. The van der Waals surface area contributed by atoms with Gasteiger partial charge in [0.15, 0.2) is 0 Å². The fourth-order valence-corrected chi connectivity index (χ4v) is 5.18. The second kappa shape index (κ2) is 13.5. The number of aliphatic carboxylic acids is 1. The van der Waals surface area contributed by atoms with Gasteiger partial charge in [-0.2, -0.15) is 105 Å². The van der Waals surface area contributed by atoms with Crippen LogP contribution in [-0.4, -0.2) is 133 Å². The van der Waals surface area contributed by atoms with Crippen LogP contribution in [0, 0.1) is 0 Å². The van der Waals surface area contributed by atoms with Crippen molar-refractivity contribution in [2.45, 2.75) is 84.5 Å². The second-order valence-corrected chi connectivity index (χ2v) is 13.0. The molecule has 0 rings (SSSR count). The van der Waals surface area contributed by atoms with Crippen molar-refractivity contribution in [2.75, 3.05) is 40.3 Å². The predicted octanol–water partition coefficient (Wildman–Crippen LogP) is 7.45. The van der Waals surface area contributed by atoms with Crippen molar-refractivity contribution >= 4 is 16.0 Å². The van der Waals surface area contributed by atoms with Gasteiger partial charge >= 0.3 is 70.7 Å². The van der Waals surface area contributed by atoms with Crippen molar-refractivity contribution in [3.05, 3.63) is 0 Å². The summed E-state index contributed by atoms with van der Waals surface area (Å²) < 4.78 is 337. The summed E-state index contributed by atoms with van der Waals surface area (Å²) >= 11 is 0. The number of alkyl halides is 23. The van der Waals surface area contributed by atoms with Crippen LogP contribution in [0.1, 0.15) is 19.8 Å². The van der Waals surface area contributed by atoms with Gasteiger partial charge in [0, 0.05) is 19.5 Å². The molecule has 0 aromatic carbocycles. The molecule has 0 amide bonds. The molecule has 0 bridgehead atoms. The zero-order chi connectivity index (χ0) is 41.9. The Morgan fingerprint density at radius 2 is 0.843 bits per heavy atom. The SMILES string of the molecule is CCN(CCC[N+](C)(C)CCC(=O)O)S(=O)(=O)C(F)(F)C(F)(F)C(F)(F)C(F)(F)C(F)(F)C(F)(F)C(F)(F)C(F)(F)C(F)(F)C(F)(F)C(F)(F)F. The molecule has 306 valence electrons. The first kappa shape index (κ1) is 48.7. The minimum Gasteiger partial charge on any atom is -0.481 e. The van der Waals surface area contributed by atoms with E-state index in [4.69, 9.17) is 5.11 Å². The molecule has 6 nitrogen and oxygen atoms in total. The first-order chi connectivity index (χ1) is 21.8. The Balaban J connectivity index is 7.09. The van der Waals surface area contributed by atoms with Gasteiger partial charge in [0.25, 0.3) is 10.0 Å². The summed E-state index contributed by atoms with van der Waals surface area (Å²) in [6.45, 7) is -3.31. The highest BCUT2D eigenvalue weighted by Crippen LogP contribution is 2.67. The Morgan fingerprint density at radius 3 is 1.12 bits per heavy atom. The molecule has 0 saturated heterocycles. The lowest BCUT2D eigenvalue weighted by Gasteiger charge is -2.45. The number of hydrogen-bond donors (Lipinski definition) is 1. The highest BCUT2D eigenvalue weighted by Gasteiger charge is 2.99. The van der Waals surface area contributed by atoms with Crippen molar-refractivity contribution < 1.29 is 124 Å². The van der Waals surface area contributed by atoms with E-state index in [1.165, 1.54) is 14.1 Å². The highest BCUT2D eigenvalue weighted by molar-refractivity contribution is 7.90. The largest absolute Gasteiger partial charge is 0.481 e. The minimum atomic E-state index is -9.59. The number of carboxylic acids is 1. The first-order valence-electron chi connectivity index (χ1n) is 12.7. The number of nitrogens with zero attached hydrogens (tertiary/aromatic N) is 2. The molecular weight excluding hydrogens is 813 g/mol. The van der Waals surface area contributed by atoms with Crippen LogP contribution < -0.4 is 0 Å². The molecule has 0 aliphatic rings. The lowest BCUT2D eigenvalue weighted by atomic mass is 9.86. The summed E-state index contributed by atoms with van der Waals surface area (Å²) in [4.78, 5) is 10.7. The quantitative estimate of drug-likeness (QED) is 0.109. The van der Waals surface area contributed by atoms with Gasteiger partial charge in [-0.15, -0.1) is 0 Å². The summed E-state index contributed by atoms with van der Waals surface area (Å²) in [6.07, 6.45) is -9.57. The van der Waals surface area contributed by atoms with Crippen molar-refractivity contribution in [2.24, 2.45) is 0 Å². The Kier molecular flexibility index (Phi) is 12.9. The van der Waals surface area contributed by atoms with E-state index in [1.54, 1.807) is 0 Å².